The lowest BCUT2D eigenvalue weighted by Crippen LogP contribution is -2.37. The lowest BCUT2D eigenvalue weighted by Gasteiger charge is -2.35. The molecule has 0 saturated carbocycles. The van der Waals surface area contributed by atoms with Crippen molar-refractivity contribution in [3.63, 3.8) is 0 Å². The average molecular weight is 412 g/mol. The second kappa shape index (κ2) is 8.10. The fraction of sp³-hybridized carbons (Fsp3) is 0.333. The average Bonchev–Trinajstić information content (AvgIpc) is 3.24. The Balaban J connectivity index is 1.71. The molecule has 1 aliphatic rings. The van der Waals surface area contributed by atoms with Crippen molar-refractivity contribution in [3.05, 3.63) is 52.3 Å². The molecular formula is C21H21FN4O4. The van der Waals surface area contributed by atoms with Crippen LogP contribution >= 0.6 is 0 Å². The number of rotatable bonds is 5. The van der Waals surface area contributed by atoms with Gasteiger partial charge in [0.1, 0.15) is 17.3 Å². The zero-order chi connectivity index (χ0) is 21.3. The summed E-state index contributed by atoms with van der Waals surface area (Å²) >= 11 is 0. The van der Waals surface area contributed by atoms with E-state index in [2.05, 4.69) is 22.0 Å². The van der Waals surface area contributed by atoms with Crippen LogP contribution in [0.3, 0.4) is 0 Å². The van der Waals surface area contributed by atoms with Gasteiger partial charge in [-0.05, 0) is 56.5 Å². The number of nitrogens with zero attached hydrogens (tertiary/aromatic N) is 4. The number of hydrogen-bond acceptors (Lipinski definition) is 7. The molecule has 1 unspecified atom stereocenters. The van der Waals surface area contributed by atoms with Crippen LogP contribution in [0.15, 0.2) is 40.9 Å². The molecule has 30 heavy (non-hydrogen) atoms. The molecule has 0 bridgehead atoms. The maximum absolute atomic E-state index is 13.7. The van der Waals surface area contributed by atoms with Crippen molar-refractivity contribution in [2.75, 3.05) is 18.6 Å². The lowest BCUT2D eigenvalue weighted by atomic mass is 10.0. The first kappa shape index (κ1) is 19.8. The smallest absolute Gasteiger partial charge is 0.293 e. The molecule has 0 N–H and O–H groups in total. The number of piperidine rings is 1. The van der Waals surface area contributed by atoms with E-state index in [1.807, 2.05) is 0 Å². The van der Waals surface area contributed by atoms with Gasteiger partial charge in [0.2, 0.25) is 5.82 Å². The summed E-state index contributed by atoms with van der Waals surface area (Å²) in [4.78, 5) is 17.7. The van der Waals surface area contributed by atoms with Gasteiger partial charge in [0.15, 0.2) is 0 Å². The van der Waals surface area contributed by atoms with Crippen LogP contribution in [0.1, 0.15) is 26.2 Å². The van der Waals surface area contributed by atoms with Crippen LogP contribution < -0.4 is 9.64 Å². The van der Waals surface area contributed by atoms with Crippen molar-refractivity contribution in [1.29, 1.82) is 0 Å². The molecule has 8 nitrogen and oxygen atoms in total. The van der Waals surface area contributed by atoms with Crippen LogP contribution in [-0.2, 0) is 0 Å². The van der Waals surface area contributed by atoms with Crippen molar-refractivity contribution >= 4 is 11.4 Å². The molecule has 1 fully saturated rings. The standard InChI is InChI=1S/C21H21FN4O4/c1-13-5-3-4-10-25(13)17-8-6-14(11-18(17)26(27)28)21-23-20(24-30-21)16-12-15(22)7-9-19(16)29-2/h6-9,11-13H,3-5,10H2,1-2H3. The Morgan fingerprint density at radius 1 is 1.27 bits per heavy atom. The summed E-state index contributed by atoms with van der Waals surface area (Å²) in [5, 5.41) is 15.7. The highest BCUT2D eigenvalue weighted by atomic mass is 19.1. The van der Waals surface area contributed by atoms with Crippen LogP contribution in [0.5, 0.6) is 5.75 Å². The first-order valence-electron chi connectivity index (χ1n) is 9.71. The van der Waals surface area contributed by atoms with E-state index in [4.69, 9.17) is 9.26 Å². The normalized spacial score (nSPS) is 16.5. The number of nitro benzene ring substituents is 1. The highest BCUT2D eigenvalue weighted by Gasteiger charge is 2.27. The molecule has 2 aromatic carbocycles. The molecule has 0 spiro atoms. The Morgan fingerprint density at radius 2 is 2.10 bits per heavy atom. The molecule has 0 aliphatic carbocycles. The van der Waals surface area contributed by atoms with Gasteiger partial charge in [0.25, 0.3) is 11.6 Å². The molecule has 3 aromatic rings. The van der Waals surface area contributed by atoms with Gasteiger partial charge in [0.05, 0.1) is 17.6 Å². The van der Waals surface area contributed by atoms with Gasteiger partial charge < -0.3 is 14.2 Å². The molecule has 1 atom stereocenters. The molecule has 1 saturated heterocycles. The topological polar surface area (TPSA) is 94.5 Å². The number of halogens is 1. The summed E-state index contributed by atoms with van der Waals surface area (Å²) in [7, 11) is 1.46. The van der Waals surface area contributed by atoms with E-state index < -0.39 is 10.7 Å². The summed E-state index contributed by atoms with van der Waals surface area (Å²) in [6, 6.07) is 9.12. The van der Waals surface area contributed by atoms with E-state index in [1.165, 1.54) is 31.4 Å². The van der Waals surface area contributed by atoms with Crippen molar-refractivity contribution in [1.82, 2.24) is 10.1 Å². The zero-order valence-corrected chi connectivity index (χ0v) is 16.7. The van der Waals surface area contributed by atoms with E-state index in [9.17, 15) is 14.5 Å². The van der Waals surface area contributed by atoms with Crippen LogP contribution in [0.4, 0.5) is 15.8 Å². The Hall–Kier alpha value is -3.49. The van der Waals surface area contributed by atoms with E-state index in [-0.39, 0.29) is 23.4 Å². The number of hydrogen-bond donors (Lipinski definition) is 0. The van der Waals surface area contributed by atoms with Crippen LogP contribution in [-0.4, -0.2) is 34.8 Å². The summed E-state index contributed by atoms with van der Waals surface area (Å²) < 4.78 is 24.2. The third-order valence-corrected chi connectivity index (χ3v) is 5.36. The monoisotopic (exact) mass is 412 g/mol. The summed E-state index contributed by atoms with van der Waals surface area (Å²) in [6.07, 6.45) is 3.13. The highest BCUT2D eigenvalue weighted by molar-refractivity contribution is 5.72. The number of methoxy groups -OCH3 is 1. The Bertz CT molecular complexity index is 1080. The van der Waals surface area contributed by atoms with E-state index in [0.717, 1.165) is 25.8 Å². The fourth-order valence-electron chi connectivity index (χ4n) is 3.81. The first-order chi connectivity index (χ1) is 14.5. The second-order valence-corrected chi connectivity index (χ2v) is 7.27. The van der Waals surface area contributed by atoms with Crippen molar-refractivity contribution in [2.45, 2.75) is 32.2 Å². The van der Waals surface area contributed by atoms with Gasteiger partial charge in [-0.3, -0.25) is 10.1 Å². The van der Waals surface area contributed by atoms with Gasteiger partial charge in [-0.2, -0.15) is 4.98 Å². The molecule has 2 heterocycles. The Morgan fingerprint density at radius 3 is 2.83 bits per heavy atom. The Kier molecular flexibility index (Phi) is 5.35. The lowest BCUT2D eigenvalue weighted by molar-refractivity contribution is -0.384. The summed E-state index contributed by atoms with van der Waals surface area (Å²) in [5.74, 6) is 0.173. The third-order valence-electron chi connectivity index (χ3n) is 5.36. The highest BCUT2D eigenvalue weighted by Crippen LogP contribution is 2.37. The second-order valence-electron chi connectivity index (χ2n) is 7.27. The van der Waals surface area contributed by atoms with Crippen LogP contribution in [0.2, 0.25) is 0 Å². The maximum atomic E-state index is 13.7. The Labute approximate surface area is 172 Å². The van der Waals surface area contributed by atoms with Gasteiger partial charge in [-0.25, -0.2) is 4.39 Å². The van der Waals surface area contributed by atoms with Gasteiger partial charge in [-0.1, -0.05) is 5.16 Å². The van der Waals surface area contributed by atoms with Crippen LogP contribution in [0, 0.1) is 15.9 Å². The largest absolute Gasteiger partial charge is 0.496 e. The fourth-order valence-corrected chi connectivity index (χ4v) is 3.81. The maximum Gasteiger partial charge on any atom is 0.293 e. The molecule has 156 valence electrons. The van der Waals surface area contributed by atoms with Gasteiger partial charge >= 0.3 is 0 Å². The molecule has 1 aromatic heterocycles. The number of anilines is 1. The SMILES string of the molecule is COc1ccc(F)cc1-c1noc(-c2ccc(N3CCCCC3C)c([N+](=O)[O-])c2)n1. The van der Waals surface area contributed by atoms with E-state index in [1.54, 1.807) is 12.1 Å². The van der Waals surface area contributed by atoms with Gasteiger partial charge in [0, 0.05) is 24.2 Å². The molecule has 0 amide bonds. The molecular weight excluding hydrogens is 391 g/mol. The first-order valence-corrected chi connectivity index (χ1v) is 9.71. The van der Waals surface area contributed by atoms with E-state index >= 15 is 0 Å². The number of ether oxygens (including phenoxy) is 1. The minimum Gasteiger partial charge on any atom is -0.496 e. The quantitative estimate of drug-likeness (QED) is 0.437. The minimum atomic E-state index is -0.465. The summed E-state index contributed by atoms with van der Waals surface area (Å²) in [6.45, 7) is 2.86. The minimum absolute atomic E-state index is 0.00987. The zero-order valence-electron chi connectivity index (χ0n) is 16.7. The molecule has 9 heteroatoms. The molecule has 1 aliphatic heterocycles. The predicted molar refractivity (Wildman–Crippen MR) is 109 cm³/mol. The van der Waals surface area contributed by atoms with Crippen molar-refractivity contribution in [2.24, 2.45) is 0 Å². The molecule has 4 rings (SSSR count). The predicted octanol–water partition coefficient (Wildman–Crippen LogP) is 4.84. The molecule has 0 radical (unpaired) electrons. The van der Waals surface area contributed by atoms with Crippen molar-refractivity contribution in [3.8, 4) is 28.6 Å². The number of benzene rings is 2. The third kappa shape index (κ3) is 3.70. The summed E-state index contributed by atoms with van der Waals surface area (Å²) in [5.41, 5.74) is 1.33. The van der Waals surface area contributed by atoms with E-state index in [0.29, 0.717) is 22.6 Å². The number of nitro groups is 1. The number of aromatic nitrogens is 2. The van der Waals surface area contributed by atoms with Gasteiger partial charge in [-0.15, -0.1) is 0 Å². The van der Waals surface area contributed by atoms with Crippen LogP contribution in [0.25, 0.3) is 22.8 Å². The van der Waals surface area contributed by atoms with Crippen molar-refractivity contribution < 1.29 is 18.6 Å².